The average Bonchev–Trinajstić information content (AvgIpc) is 2.64. The van der Waals surface area contributed by atoms with Crippen LogP contribution in [0.2, 0.25) is 0 Å². The molecule has 0 amide bonds. The molecule has 0 atom stereocenters. The summed E-state index contributed by atoms with van der Waals surface area (Å²) >= 11 is 0. The molecule has 0 bridgehead atoms. The molecule has 0 saturated heterocycles. The molecule has 0 aliphatic rings. The van der Waals surface area contributed by atoms with E-state index in [0.717, 1.165) is 29.6 Å². The molecule has 0 aliphatic heterocycles. The molecule has 1 aromatic carbocycles. The highest BCUT2D eigenvalue weighted by atomic mass is 16.5. The molecule has 1 aromatic heterocycles. The largest absolute Gasteiger partial charge is 0.497 e. The Kier molecular flexibility index (Phi) is 7.40. The number of pyridine rings is 1. The lowest BCUT2D eigenvalue weighted by atomic mass is 10.2. The van der Waals surface area contributed by atoms with E-state index < -0.39 is 0 Å². The number of aliphatic imine (C=N–C) groups is 1. The molecule has 2 N–H and O–H groups in total. The number of methoxy groups -OCH3 is 1. The van der Waals surface area contributed by atoms with E-state index in [-0.39, 0.29) is 0 Å². The normalized spacial score (nSPS) is 11.0. The molecule has 128 valence electrons. The highest BCUT2D eigenvalue weighted by molar-refractivity contribution is 5.79. The number of nitrogens with zero attached hydrogens (tertiary/aromatic N) is 2. The number of hydrogen-bond donors (Lipinski definition) is 2. The fourth-order valence-corrected chi connectivity index (χ4v) is 2.01. The van der Waals surface area contributed by atoms with Gasteiger partial charge in [-0.2, -0.15) is 0 Å². The molecule has 0 radical (unpaired) electrons. The Labute approximate surface area is 142 Å². The number of rotatable bonds is 8. The summed E-state index contributed by atoms with van der Waals surface area (Å²) in [6.07, 6.45) is 3.42. The summed E-state index contributed by atoms with van der Waals surface area (Å²) in [7, 11) is 1.66. The van der Waals surface area contributed by atoms with Crippen LogP contribution in [-0.2, 0) is 6.54 Å². The van der Waals surface area contributed by atoms with Gasteiger partial charge >= 0.3 is 0 Å². The van der Waals surface area contributed by atoms with Crippen molar-refractivity contribution in [2.45, 2.75) is 13.5 Å². The summed E-state index contributed by atoms with van der Waals surface area (Å²) < 4.78 is 10.8. The lowest BCUT2D eigenvalue weighted by Crippen LogP contribution is -2.39. The van der Waals surface area contributed by atoms with Gasteiger partial charge in [0.25, 0.3) is 0 Å². The van der Waals surface area contributed by atoms with Crippen molar-refractivity contribution in [3.63, 3.8) is 0 Å². The van der Waals surface area contributed by atoms with Crippen LogP contribution < -0.4 is 20.1 Å². The van der Waals surface area contributed by atoms with Crippen LogP contribution in [0, 0.1) is 0 Å². The Morgan fingerprint density at radius 2 is 1.96 bits per heavy atom. The summed E-state index contributed by atoms with van der Waals surface area (Å²) in [4.78, 5) is 8.58. The van der Waals surface area contributed by atoms with Gasteiger partial charge in [-0.1, -0.05) is 12.1 Å². The summed E-state index contributed by atoms with van der Waals surface area (Å²) in [5, 5.41) is 6.47. The van der Waals surface area contributed by atoms with Gasteiger partial charge in [-0.25, -0.2) is 4.99 Å². The Bertz CT molecular complexity index is 615. The van der Waals surface area contributed by atoms with Gasteiger partial charge in [-0.15, -0.1) is 0 Å². The molecule has 6 heteroatoms. The summed E-state index contributed by atoms with van der Waals surface area (Å²) in [5.41, 5.74) is 1.12. The molecular formula is C18H24N4O2. The Balaban J connectivity index is 1.79. The van der Waals surface area contributed by atoms with Crippen LogP contribution >= 0.6 is 0 Å². The molecule has 0 saturated carbocycles. The van der Waals surface area contributed by atoms with E-state index in [1.54, 1.807) is 19.5 Å². The maximum atomic E-state index is 5.60. The van der Waals surface area contributed by atoms with E-state index in [4.69, 9.17) is 9.47 Å². The number of benzene rings is 1. The molecule has 24 heavy (non-hydrogen) atoms. The summed E-state index contributed by atoms with van der Waals surface area (Å²) in [5.74, 6) is 2.38. The second-order valence-electron chi connectivity index (χ2n) is 5.01. The quantitative estimate of drug-likeness (QED) is 0.442. The van der Waals surface area contributed by atoms with E-state index in [1.807, 2.05) is 43.3 Å². The molecule has 0 spiro atoms. The molecule has 6 nitrogen and oxygen atoms in total. The molecule has 2 aromatic rings. The van der Waals surface area contributed by atoms with Crippen molar-refractivity contribution < 1.29 is 9.47 Å². The van der Waals surface area contributed by atoms with Crippen LogP contribution in [0.1, 0.15) is 12.5 Å². The number of nitrogens with one attached hydrogen (secondary N) is 2. The van der Waals surface area contributed by atoms with Crippen molar-refractivity contribution in [1.82, 2.24) is 15.6 Å². The van der Waals surface area contributed by atoms with Crippen molar-refractivity contribution >= 4 is 5.96 Å². The van der Waals surface area contributed by atoms with Crippen molar-refractivity contribution in [3.05, 3.63) is 54.4 Å². The first-order valence-corrected chi connectivity index (χ1v) is 7.99. The van der Waals surface area contributed by atoms with Crippen LogP contribution in [0.3, 0.4) is 0 Å². The molecule has 0 fully saturated rings. The van der Waals surface area contributed by atoms with Gasteiger partial charge < -0.3 is 20.1 Å². The third kappa shape index (κ3) is 6.16. The number of ether oxygens (including phenoxy) is 2. The highest BCUT2D eigenvalue weighted by Crippen LogP contribution is 2.11. The van der Waals surface area contributed by atoms with Gasteiger partial charge in [0, 0.05) is 12.7 Å². The Hall–Kier alpha value is -2.76. The zero-order valence-corrected chi connectivity index (χ0v) is 14.2. The van der Waals surface area contributed by atoms with E-state index in [0.29, 0.717) is 19.7 Å². The van der Waals surface area contributed by atoms with Crippen LogP contribution in [0.15, 0.2) is 53.8 Å². The average molecular weight is 328 g/mol. The SMILES string of the molecule is CCNC(=NCc1ccc(OC)cc1)NCCOc1cccnc1. The molecule has 0 unspecified atom stereocenters. The fourth-order valence-electron chi connectivity index (χ4n) is 2.01. The van der Waals surface area contributed by atoms with Gasteiger partial charge in [0.1, 0.15) is 18.1 Å². The Morgan fingerprint density at radius 1 is 1.12 bits per heavy atom. The second-order valence-corrected chi connectivity index (χ2v) is 5.01. The van der Waals surface area contributed by atoms with Gasteiger partial charge in [-0.3, -0.25) is 4.98 Å². The monoisotopic (exact) mass is 328 g/mol. The van der Waals surface area contributed by atoms with Gasteiger partial charge in [0.2, 0.25) is 0 Å². The van der Waals surface area contributed by atoms with Gasteiger partial charge in [-0.05, 0) is 36.8 Å². The predicted octanol–water partition coefficient (Wildman–Crippen LogP) is 2.22. The lowest BCUT2D eigenvalue weighted by molar-refractivity contribution is 0.320. The van der Waals surface area contributed by atoms with Crippen LogP contribution in [0.25, 0.3) is 0 Å². The second kappa shape index (κ2) is 10.1. The molecular weight excluding hydrogens is 304 g/mol. The number of guanidine groups is 1. The highest BCUT2D eigenvalue weighted by Gasteiger charge is 1.99. The van der Waals surface area contributed by atoms with Crippen LogP contribution in [0.5, 0.6) is 11.5 Å². The van der Waals surface area contributed by atoms with Crippen molar-refractivity contribution in [2.24, 2.45) is 4.99 Å². The molecule has 0 aliphatic carbocycles. The van der Waals surface area contributed by atoms with Crippen molar-refractivity contribution in [2.75, 3.05) is 26.8 Å². The minimum Gasteiger partial charge on any atom is -0.497 e. The fraction of sp³-hybridized carbons (Fsp3) is 0.333. The van der Waals surface area contributed by atoms with Crippen molar-refractivity contribution in [1.29, 1.82) is 0 Å². The van der Waals surface area contributed by atoms with Gasteiger partial charge in [0.15, 0.2) is 5.96 Å². The van der Waals surface area contributed by atoms with Crippen LogP contribution in [-0.4, -0.2) is 37.7 Å². The van der Waals surface area contributed by atoms with E-state index >= 15 is 0 Å². The van der Waals surface area contributed by atoms with E-state index in [2.05, 4.69) is 20.6 Å². The first-order chi connectivity index (χ1) is 11.8. The number of hydrogen-bond acceptors (Lipinski definition) is 4. The first-order valence-electron chi connectivity index (χ1n) is 7.99. The smallest absolute Gasteiger partial charge is 0.191 e. The van der Waals surface area contributed by atoms with E-state index in [1.165, 1.54) is 0 Å². The zero-order chi connectivity index (χ0) is 17.0. The van der Waals surface area contributed by atoms with Crippen molar-refractivity contribution in [3.8, 4) is 11.5 Å². The predicted molar refractivity (Wildman–Crippen MR) is 95.5 cm³/mol. The van der Waals surface area contributed by atoms with Gasteiger partial charge in [0.05, 0.1) is 26.4 Å². The maximum Gasteiger partial charge on any atom is 0.191 e. The number of aromatic nitrogens is 1. The summed E-state index contributed by atoms with van der Waals surface area (Å²) in [6, 6.07) is 11.6. The van der Waals surface area contributed by atoms with Crippen LogP contribution in [0.4, 0.5) is 0 Å². The minimum atomic E-state index is 0.540. The Morgan fingerprint density at radius 3 is 2.62 bits per heavy atom. The standard InChI is InChI=1S/C18H24N4O2/c1-3-20-18(21-11-12-24-17-5-4-10-19-14-17)22-13-15-6-8-16(23-2)9-7-15/h4-10,14H,3,11-13H2,1-2H3,(H2,20,21,22). The zero-order valence-electron chi connectivity index (χ0n) is 14.2. The molecule has 1 heterocycles. The minimum absolute atomic E-state index is 0.540. The maximum absolute atomic E-state index is 5.60. The summed E-state index contributed by atoms with van der Waals surface area (Å²) in [6.45, 7) is 4.64. The lowest BCUT2D eigenvalue weighted by Gasteiger charge is -2.12. The molecule has 2 rings (SSSR count). The third-order valence-corrected chi connectivity index (χ3v) is 3.22. The van der Waals surface area contributed by atoms with E-state index in [9.17, 15) is 0 Å². The first kappa shape index (κ1) is 17.6. The topological polar surface area (TPSA) is 67.8 Å². The third-order valence-electron chi connectivity index (χ3n) is 3.22.